The highest BCUT2D eigenvalue weighted by Crippen LogP contribution is 2.42. The van der Waals surface area contributed by atoms with Crippen molar-refractivity contribution in [3.63, 3.8) is 0 Å². The molecule has 0 aliphatic heterocycles. The summed E-state index contributed by atoms with van der Waals surface area (Å²) in [5.41, 5.74) is 5.90. The molecule has 84 valence electrons. The molecule has 1 aliphatic carbocycles. The molecule has 0 spiro atoms. The third kappa shape index (κ3) is 2.75. The average Bonchev–Trinajstić information content (AvgIpc) is 2.44. The van der Waals surface area contributed by atoms with E-state index in [4.69, 9.17) is 11.6 Å². The van der Waals surface area contributed by atoms with Gasteiger partial charge in [0.25, 0.3) is 0 Å². The van der Waals surface area contributed by atoms with Gasteiger partial charge in [-0.15, -0.1) is 0 Å². The molecule has 0 aromatic rings. The first kappa shape index (κ1) is 12.6. The van der Waals surface area contributed by atoms with Crippen LogP contribution in [-0.4, -0.2) is 0 Å². The third-order valence-corrected chi connectivity index (χ3v) is 2.95. The Labute approximate surface area is 98.7 Å². The molecule has 0 saturated carbocycles. The lowest BCUT2D eigenvalue weighted by Gasteiger charge is -2.22. The van der Waals surface area contributed by atoms with Gasteiger partial charge in [-0.3, -0.25) is 0 Å². The van der Waals surface area contributed by atoms with Crippen molar-refractivity contribution in [2.75, 3.05) is 0 Å². The molecule has 1 rings (SSSR count). The Kier molecular flexibility index (Phi) is 3.21. The predicted molar refractivity (Wildman–Crippen MR) is 69.0 cm³/mol. The van der Waals surface area contributed by atoms with Crippen LogP contribution in [0.3, 0.4) is 0 Å². The molecule has 0 fully saturated rings. The van der Waals surface area contributed by atoms with Crippen LogP contribution in [0.5, 0.6) is 0 Å². The largest absolute Gasteiger partial charge is 0.0923 e. The molecule has 0 saturated heterocycles. The summed E-state index contributed by atoms with van der Waals surface area (Å²) in [6.07, 6.45) is 4.49. The Morgan fingerprint density at radius 1 is 0.933 bits per heavy atom. The fourth-order valence-corrected chi connectivity index (χ4v) is 1.88. The van der Waals surface area contributed by atoms with Crippen LogP contribution in [0, 0.1) is 10.8 Å². The minimum atomic E-state index is 0.157. The molecule has 0 aromatic carbocycles. The standard InChI is InChI=1S/C14H21Cl/c1-13(2,3)11-7-10(9-15)12(8-11)14(4,5)6/h7-9H,1-6H3/b10-9+. The van der Waals surface area contributed by atoms with Crippen LogP contribution in [0.1, 0.15) is 41.5 Å². The van der Waals surface area contributed by atoms with Gasteiger partial charge in [0.15, 0.2) is 0 Å². The minimum absolute atomic E-state index is 0.157. The van der Waals surface area contributed by atoms with Crippen molar-refractivity contribution in [3.8, 4) is 0 Å². The summed E-state index contributed by atoms with van der Waals surface area (Å²) >= 11 is 5.88. The van der Waals surface area contributed by atoms with E-state index in [0.717, 1.165) is 5.57 Å². The van der Waals surface area contributed by atoms with Gasteiger partial charge in [-0.05, 0) is 27.5 Å². The van der Waals surface area contributed by atoms with Gasteiger partial charge in [0.05, 0.1) is 0 Å². The number of allylic oxidation sites excluding steroid dienone is 5. The highest BCUT2D eigenvalue weighted by Gasteiger charge is 2.27. The van der Waals surface area contributed by atoms with Crippen LogP contribution < -0.4 is 0 Å². The summed E-state index contributed by atoms with van der Waals surface area (Å²) in [6.45, 7) is 13.3. The zero-order chi connectivity index (χ0) is 11.9. The van der Waals surface area contributed by atoms with E-state index in [1.54, 1.807) is 5.54 Å². The second-order valence-corrected chi connectivity index (χ2v) is 6.44. The van der Waals surface area contributed by atoms with E-state index in [0.29, 0.717) is 0 Å². The smallest absolute Gasteiger partial charge is 0.0118 e. The van der Waals surface area contributed by atoms with Crippen LogP contribution in [0.15, 0.2) is 34.4 Å². The highest BCUT2D eigenvalue weighted by molar-refractivity contribution is 6.26. The Hall–Kier alpha value is -0.490. The molecule has 0 nitrogen and oxygen atoms in total. The van der Waals surface area contributed by atoms with Gasteiger partial charge >= 0.3 is 0 Å². The predicted octanol–water partition coefficient (Wildman–Crippen LogP) is 5.07. The monoisotopic (exact) mass is 224 g/mol. The van der Waals surface area contributed by atoms with E-state index in [-0.39, 0.29) is 10.8 Å². The molecule has 0 bridgehead atoms. The first-order valence-corrected chi connectivity index (χ1v) is 5.85. The Bertz CT molecular complexity index is 341. The topological polar surface area (TPSA) is 0 Å². The molecule has 0 aromatic heterocycles. The molecule has 15 heavy (non-hydrogen) atoms. The fraction of sp³-hybridized carbons (Fsp3) is 0.571. The first-order valence-electron chi connectivity index (χ1n) is 5.41. The lowest BCUT2D eigenvalue weighted by atomic mass is 9.83. The van der Waals surface area contributed by atoms with Gasteiger partial charge in [-0.1, -0.05) is 65.3 Å². The van der Waals surface area contributed by atoms with E-state index >= 15 is 0 Å². The summed E-state index contributed by atoms with van der Waals surface area (Å²) < 4.78 is 0. The maximum absolute atomic E-state index is 5.88. The summed E-state index contributed by atoms with van der Waals surface area (Å²) in [4.78, 5) is 0. The second-order valence-electron chi connectivity index (χ2n) is 6.22. The second kappa shape index (κ2) is 3.83. The van der Waals surface area contributed by atoms with Crippen LogP contribution in [-0.2, 0) is 0 Å². The molecular formula is C14H21Cl. The highest BCUT2D eigenvalue weighted by atomic mass is 35.5. The molecule has 0 heterocycles. The molecule has 1 aliphatic rings. The molecule has 0 amide bonds. The summed E-state index contributed by atoms with van der Waals surface area (Å²) in [6, 6.07) is 0. The Morgan fingerprint density at radius 2 is 1.47 bits per heavy atom. The fourth-order valence-electron chi connectivity index (χ4n) is 1.70. The maximum Gasteiger partial charge on any atom is 0.0118 e. The summed E-state index contributed by atoms with van der Waals surface area (Å²) in [5.74, 6) is 0. The molecular weight excluding hydrogens is 204 g/mol. The van der Waals surface area contributed by atoms with Crippen molar-refractivity contribution in [2.24, 2.45) is 10.8 Å². The van der Waals surface area contributed by atoms with Crippen LogP contribution in [0.25, 0.3) is 0 Å². The first-order chi connectivity index (χ1) is 6.66. The van der Waals surface area contributed by atoms with Gasteiger partial charge in [0, 0.05) is 5.54 Å². The van der Waals surface area contributed by atoms with Crippen LogP contribution in [0.4, 0.5) is 0 Å². The molecule has 1 heteroatoms. The summed E-state index contributed by atoms with van der Waals surface area (Å²) in [7, 11) is 0. The molecule has 0 atom stereocenters. The van der Waals surface area contributed by atoms with Gasteiger partial charge in [-0.25, -0.2) is 0 Å². The number of rotatable bonds is 0. The van der Waals surface area contributed by atoms with Gasteiger partial charge < -0.3 is 0 Å². The normalized spacial score (nSPS) is 20.6. The zero-order valence-electron chi connectivity index (χ0n) is 10.6. The molecule has 0 unspecified atom stereocenters. The van der Waals surface area contributed by atoms with E-state index < -0.39 is 0 Å². The van der Waals surface area contributed by atoms with Gasteiger partial charge in [0.1, 0.15) is 0 Å². The van der Waals surface area contributed by atoms with E-state index in [9.17, 15) is 0 Å². The SMILES string of the molecule is CC(C)(C)C1=C/C(=C\Cl)C(C(C)(C)C)=C1. The molecule has 0 N–H and O–H groups in total. The average molecular weight is 225 g/mol. The van der Waals surface area contributed by atoms with Crippen molar-refractivity contribution in [2.45, 2.75) is 41.5 Å². The third-order valence-electron chi connectivity index (χ3n) is 2.71. The lowest BCUT2D eigenvalue weighted by molar-refractivity contribution is 0.504. The zero-order valence-corrected chi connectivity index (χ0v) is 11.4. The minimum Gasteiger partial charge on any atom is -0.0923 e. The lowest BCUT2D eigenvalue weighted by Crippen LogP contribution is -2.09. The quantitative estimate of drug-likeness (QED) is 0.539. The van der Waals surface area contributed by atoms with Crippen molar-refractivity contribution in [1.29, 1.82) is 0 Å². The van der Waals surface area contributed by atoms with Gasteiger partial charge in [-0.2, -0.15) is 0 Å². The Balaban J connectivity index is 3.16. The number of halogens is 1. The van der Waals surface area contributed by atoms with Crippen LogP contribution in [0.2, 0.25) is 0 Å². The van der Waals surface area contributed by atoms with Crippen molar-refractivity contribution in [3.05, 3.63) is 34.4 Å². The van der Waals surface area contributed by atoms with E-state index in [1.807, 2.05) is 0 Å². The van der Waals surface area contributed by atoms with Crippen molar-refractivity contribution >= 4 is 11.6 Å². The van der Waals surface area contributed by atoms with Crippen molar-refractivity contribution < 1.29 is 0 Å². The van der Waals surface area contributed by atoms with Crippen molar-refractivity contribution in [1.82, 2.24) is 0 Å². The number of hydrogen-bond acceptors (Lipinski definition) is 0. The van der Waals surface area contributed by atoms with E-state index in [2.05, 4.69) is 53.7 Å². The maximum atomic E-state index is 5.88. The summed E-state index contributed by atoms with van der Waals surface area (Å²) in [5, 5.41) is 0. The van der Waals surface area contributed by atoms with Gasteiger partial charge in [0.2, 0.25) is 0 Å². The van der Waals surface area contributed by atoms with Crippen LogP contribution >= 0.6 is 11.6 Å². The van der Waals surface area contributed by atoms with E-state index in [1.165, 1.54) is 11.1 Å². The number of hydrogen-bond donors (Lipinski definition) is 0. The molecule has 0 radical (unpaired) electrons. The Morgan fingerprint density at radius 3 is 1.73 bits per heavy atom.